The highest BCUT2D eigenvalue weighted by molar-refractivity contribution is 5.82. The molecule has 5 rings (SSSR count). The van der Waals surface area contributed by atoms with Crippen LogP contribution in [0.25, 0.3) is 22.3 Å². The van der Waals surface area contributed by atoms with Crippen LogP contribution < -0.4 is 4.74 Å². The number of carbonyl (C=O) groups is 1. The number of benzene rings is 2. The quantitative estimate of drug-likeness (QED) is 0.545. The fourth-order valence-corrected chi connectivity index (χ4v) is 3.80. The van der Waals surface area contributed by atoms with E-state index in [1.807, 2.05) is 48.5 Å². The van der Waals surface area contributed by atoms with Gasteiger partial charge in [0.2, 0.25) is 11.7 Å². The van der Waals surface area contributed by atoms with Crippen LogP contribution in [0, 0.1) is 0 Å². The Labute approximate surface area is 172 Å². The van der Waals surface area contributed by atoms with Crippen LogP contribution in [-0.2, 0) is 4.79 Å². The zero-order chi connectivity index (χ0) is 20.3. The Balaban J connectivity index is 1.33. The number of nitrogens with one attached hydrogen (secondary N) is 1. The molecule has 4 aromatic rings. The van der Waals surface area contributed by atoms with Crippen molar-refractivity contribution in [2.45, 2.75) is 25.3 Å². The molecule has 2 aromatic heterocycles. The Hall–Kier alpha value is -3.68. The zero-order valence-electron chi connectivity index (χ0n) is 16.3. The number of rotatable bonds is 5. The van der Waals surface area contributed by atoms with E-state index in [1.54, 1.807) is 11.1 Å². The van der Waals surface area contributed by atoms with E-state index in [9.17, 15) is 4.79 Å². The van der Waals surface area contributed by atoms with Gasteiger partial charge in [-0.3, -0.25) is 9.89 Å². The Bertz CT molecular complexity index is 1150. The van der Waals surface area contributed by atoms with Gasteiger partial charge >= 0.3 is 0 Å². The highest BCUT2D eigenvalue weighted by Crippen LogP contribution is 2.31. The van der Waals surface area contributed by atoms with Gasteiger partial charge in [-0.05, 0) is 37.5 Å². The van der Waals surface area contributed by atoms with Crippen molar-refractivity contribution in [1.82, 2.24) is 25.2 Å². The SMILES string of the molecule is O=C(COc1ccccc1)N1CCCCC1c1nc(-c2ccc3cn[nH]c3c2)no1. The Morgan fingerprint density at radius 3 is 3.00 bits per heavy atom. The molecule has 1 atom stereocenters. The maximum absolute atomic E-state index is 12.8. The fourth-order valence-electron chi connectivity index (χ4n) is 3.80. The van der Waals surface area contributed by atoms with Gasteiger partial charge in [-0.2, -0.15) is 10.1 Å². The molecule has 1 aliphatic rings. The van der Waals surface area contributed by atoms with Gasteiger partial charge in [0, 0.05) is 17.5 Å². The van der Waals surface area contributed by atoms with Gasteiger partial charge in [0.15, 0.2) is 6.61 Å². The molecule has 0 spiro atoms. The number of likely N-dealkylation sites (tertiary alicyclic amines) is 1. The van der Waals surface area contributed by atoms with Gasteiger partial charge in [-0.15, -0.1) is 0 Å². The lowest BCUT2D eigenvalue weighted by Gasteiger charge is -2.33. The summed E-state index contributed by atoms with van der Waals surface area (Å²) in [4.78, 5) is 19.2. The third kappa shape index (κ3) is 3.63. The summed E-state index contributed by atoms with van der Waals surface area (Å²) in [5.41, 5.74) is 1.74. The van der Waals surface area contributed by atoms with Crippen LogP contribution in [0.3, 0.4) is 0 Å². The van der Waals surface area contributed by atoms with Crippen molar-refractivity contribution >= 4 is 16.8 Å². The lowest BCUT2D eigenvalue weighted by Crippen LogP contribution is -2.41. The van der Waals surface area contributed by atoms with Crippen molar-refractivity contribution < 1.29 is 14.1 Å². The zero-order valence-corrected chi connectivity index (χ0v) is 16.3. The van der Waals surface area contributed by atoms with Crippen molar-refractivity contribution in [3.05, 3.63) is 60.6 Å². The predicted octanol–water partition coefficient (Wildman–Crippen LogP) is 3.75. The number of nitrogens with zero attached hydrogens (tertiary/aromatic N) is 4. The first-order valence-electron chi connectivity index (χ1n) is 10.0. The largest absolute Gasteiger partial charge is 0.484 e. The first kappa shape index (κ1) is 18.4. The van der Waals surface area contributed by atoms with E-state index < -0.39 is 0 Å². The molecule has 8 nitrogen and oxygen atoms in total. The maximum atomic E-state index is 12.8. The molecule has 1 aliphatic heterocycles. The highest BCUT2D eigenvalue weighted by atomic mass is 16.5. The molecule has 3 heterocycles. The summed E-state index contributed by atoms with van der Waals surface area (Å²) < 4.78 is 11.2. The fraction of sp³-hybridized carbons (Fsp3) is 0.273. The summed E-state index contributed by atoms with van der Waals surface area (Å²) in [7, 11) is 0. The average molecular weight is 403 g/mol. The smallest absolute Gasteiger partial charge is 0.261 e. The molecule has 30 heavy (non-hydrogen) atoms. The topological polar surface area (TPSA) is 97.1 Å². The summed E-state index contributed by atoms with van der Waals surface area (Å²) >= 11 is 0. The number of carbonyl (C=O) groups excluding carboxylic acids is 1. The molecule has 8 heteroatoms. The van der Waals surface area contributed by atoms with E-state index in [0.29, 0.717) is 24.0 Å². The van der Waals surface area contributed by atoms with Crippen LogP contribution >= 0.6 is 0 Å². The number of hydrogen-bond acceptors (Lipinski definition) is 6. The summed E-state index contributed by atoms with van der Waals surface area (Å²) in [6.07, 6.45) is 4.51. The van der Waals surface area contributed by atoms with E-state index in [-0.39, 0.29) is 18.6 Å². The number of fused-ring (bicyclic) bond motifs is 1. The standard InChI is InChI=1S/C22H21N5O3/c28-20(14-29-17-6-2-1-3-7-17)27-11-5-4-8-19(27)22-24-21(26-30-22)15-9-10-16-13-23-25-18(16)12-15/h1-3,6-7,9-10,12-13,19H,4-5,8,11,14H2,(H,23,25). The third-order valence-electron chi connectivity index (χ3n) is 5.36. The number of piperidine rings is 1. The van der Waals surface area contributed by atoms with Gasteiger partial charge in [-0.1, -0.05) is 35.5 Å². The second-order valence-electron chi connectivity index (χ2n) is 7.33. The Morgan fingerprint density at radius 2 is 2.10 bits per heavy atom. The van der Waals surface area contributed by atoms with Crippen LogP contribution in [0.1, 0.15) is 31.2 Å². The minimum Gasteiger partial charge on any atom is -0.484 e. The minimum atomic E-state index is -0.234. The van der Waals surface area contributed by atoms with Crippen LogP contribution in [0.4, 0.5) is 0 Å². The normalized spacial score (nSPS) is 16.7. The molecule has 0 bridgehead atoms. The minimum absolute atomic E-state index is 0.0159. The van der Waals surface area contributed by atoms with E-state index >= 15 is 0 Å². The second-order valence-corrected chi connectivity index (χ2v) is 7.33. The first-order valence-corrected chi connectivity index (χ1v) is 10.0. The van der Waals surface area contributed by atoms with Crippen LogP contribution in [0.5, 0.6) is 5.75 Å². The molecule has 2 aromatic carbocycles. The van der Waals surface area contributed by atoms with Gasteiger partial charge in [0.05, 0.1) is 11.7 Å². The molecule has 0 saturated carbocycles. The van der Waals surface area contributed by atoms with E-state index in [0.717, 1.165) is 35.7 Å². The molecular weight excluding hydrogens is 382 g/mol. The molecule has 0 radical (unpaired) electrons. The monoisotopic (exact) mass is 403 g/mol. The van der Waals surface area contributed by atoms with Crippen molar-refractivity contribution in [2.75, 3.05) is 13.2 Å². The van der Waals surface area contributed by atoms with Gasteiger partial charge in [0.1, 0.15) is 11.8 Å². The second kappa shape index (κ2) is 7.98. The first-order chi connectivity index (χ1) is 14.8. The number of aromatic nitrogens is 4. The summed E-state index contributed by atoms with van der Waals surface area (Å²) in [6.45, 7) is 0.636. The maximum Gasteiger partial charge on any atom is 0.261 e. The molecule has 1 fully saturated rings. The Kier molecular flexibility index (Phi) is 4.88. The van der Waals surface area contributed by atoms with Crippen molar-refractivity contribution in [1.29, 1.82) is 0 Å². The van der Waals surface area contributed by atoms with Crippen molar-refractivity contribution in [3.8, 4) is 17.1 Å². The summed E-state index contributed by atoms with van der Waals surface area (Å²) in [6, 6.07) is 14.9. The molecule has 1 saturated heterocycles. The molecule has 0 aliphatic carbocycles. The molecule has 152 valence electrons. The lowest BCUT2D eigenvalue weighted by atomic mass is 10.0. The number of hydrogen-bond donors (Lipinski definition) is 1. The average Bonchev–Trinajstić information content (AvgIpc) is 3.47. The van der Waals surface area contributed by atoms with E-state index in [4.69, 9.17) is 9.26 Å². The molecular formula is C22H21N5O3. The summed E-state index contributed by atoms with van der Waals surface area (Å²) in [5.74, 6) is 1.55. The van der Waals surface area contributed by atoms with E-state index in [1.165, 1.54) is 0 Å². The lowest BCUT2D eigenvalue weighted by molar-refractivity contribution is -0.138. The number of amides is 1. The molecule has 1 unspecified atom stereocenters. The number of aromatic amines is 1. The van der Waals surface area contributed by atoms with E-state index in [2.05, 4.69) is 20.3 Å². The van der Waals surface area contributed by atoms with Crippen molar-refractivity contribution in [3.63, 3.8) is 0 Å². The number of ether oxygens (including phenoxy) is 1. The predicted molar refractivity (Wildman–Crippen MR) is 110 cm³/mol. The Morgan fingerprint density at radius 1 is 1.20 bits per heavy atom. The summed E-state index contributed by atoms with van der Waals surface area (Å²) in [5, 5.41) is 12.2. The number of H-pyrrole nitrogens is 1. The van der Waals surface area contributed by atoms with Crippen LogP contribution in [0.2, 0.25) is 0 Å². The van der Waals surface area contributed by atoms with Gasteiger partial charge in [-0.25, -0.2) is 0 Å². The van der Waals surface area contributed by atoms with Gasteiger partial charge < -0.3 is 14.2 Å². The third-order valence-corrected chi connectivity index (χ3v) is 5.36. The molecule has 1 N–H and O–H groups in total. The van der Waals surface area contributed by atoms with Crippen molar-refractivity contribution in [2.24, 2.45) is 0 Å². The van der Waals surface area contributed by atoms with Crippen LogP contribution in [-0.4, -0.2) is 44.3 Å². The number of para-hydroxylation sites is 1. The highest BCUT2D eigenvalue weighted by Gasteiger charge is 2.32. The molecule has 1 amide bonds. The van der Waals surface area contributed by atoms with Gasteiger partial charge in [0.25, 0.3) is 5.91 Å². The van der Waals surface area contributed by atoms with Crippen LogP contribution in [0.15, 0.2) is 59.3 Å².